The molecule has 0 aliphatic rings. The number of H-pyrrole nitrogens is 1. The Kier molecular flexibility index (Phi) is 7.44. The number of hydrogen-bond acceptors (Lipinski definition) is 6. The average Bonchev–Trinajstić information content (AvgIpc) is 3.30. The first-order chi connectivity index (χ1) is 19.9. The van der Waals surface area contributed by atoms with Gasteiger partial charge in [0.1, 0.15) is 5.82 Å². The molecule has 0 radical (unpaired) electrons. The molecule has 0 unspecified atom stereocenters. The van der Waals surface area contributed by atoms with Crippen LogP contribution < -0.4 is 20.5 Å². The van der Waals surface area contributed by atoms with Gasteiger partial charge in [-0.15, -0.1) is 0 Å². The van der Waals surface area contributed by atoms with E-state index in [1.165, 1.54) is 18.3 Å². The second-order valence-electron chi connectivity index (χ2n) is 10.6. The Morgan fingerprint density at radius 3 is 2.26 bits per heavy atom. The summed E-state index contributed by atoms with van der Waals surface area (Å²) in [5.41, 5.74) is 8.63. The molecule has 5 aromatic rings. The predicted octanol–water partition coefficient (Wildman–Crippen LogP) is 6.04. The minimum Gasteiger partial charge on any atom is -0.392 e. The average molecular weight is 584 g/mol. The largest absolute Gasteiger partial charge is 0.419 e. The number of sulfonamides is 1. The van der Waals surface area contributed by atoms with E-state index in [1.54, 1.807) is 30.3 Å². The van der Waals surface area contributed by atoms with Gasteiger partial charge in [-0.3, -0.25) is 14.8 Å². The highest BCUT2D eigenvalue weighted by Crippen LogP contribution is 2.39. The van der Waals surface area contributed by atoms with Gasteiger partial charge in [-0.1, -0.05) is 63.2 Å². The summed E-state index contributed by atoms with van der Waals surface area (Å²) in [6.07, 6.45) is 0.426. The monoisotopic (exact) mass is 583 g/mol. The van der Waals surface area contributed by atoms with Crippen molar-refractivity contribution in [1.29, 1.82) is 0 Å². The van der Waals surface area contributed by atoms with Gasteiger partial charge >= 0.3 is 6.09 Å². The number of amides is 2. The predicted molar refractivity (Wildman–Crippen MR) is 162 cm³/mol. The van der Waals surface area contributed by atoms with Crippen molar-refractivity contribution < 1.29 is 22.7 Å². The van der Waals surface area contributed by atoms with E-state index < -0.39 is 22.0 Å². The van der Waals surface area contributed by atoms with E-state index in [-0.39, 0.29) is 27.6 Å². The Bertz CT molecular complexity index is 1880. The number of nitrogens with one attached hydrogen (secondary N) is 3. The van der Waals surface area contributed by atoms with Crippen LogP contribution in [0.2, 0.25) is 0 Å². The zero-order valence-corrected chi connectivity index (χ0v) is 24.0. The number of primary amides is 1. The fourth-order valence-electron chi connectivity index (χ4n) is 4.38. The quantitative estimate of drug-likeness (QED) is 0.183. The maximum Gasteiger partial charge on any atom is 0.419 e. The van der Waals surface area contributed by atoms with Crippen molar-refractivity contribution in [1.82, 2.24) is 9.97 Å². The third-order valence-corrected chi connectivity index (χ3v) is 7.98. The van der Waals surface area contributed by atoms with Crippen molar-refractivity contribution in [3.05, 3.63) is 102 Å². The van der Waals surface area contributed by atoms with E-state index in [0.717, 1.165) is 11.1 Å². The van der Waals surface area contributed by atoms with Crippen LogP contribution >= 0.6 is 0 Å². The van der Waals surface area contributed by atoms with Gasteiger partial charge in [0, 0.05) is 22.8 Å². The molecular formula is C31H29N5O5S. The number of pyridine rings is 1. The van der Waals surface area contributed by atoms with E-state index in [1.807, 2.05) is 42.5 Å². The molecule has 2 aromatic heterocycles. The van der Waals surface area contributed by atoms with Crippen LogP contribution in [0.15, 0.2) is 96.0 Å². The minimum absolute atomic E-state index is 0.106. The van der Waals surface area contributed by atoms with Gasteiger partial charge in [0.15, 0.2) is 0 Å². The van der Waals surface area contributed by atoms with Crippen molar-refractivity contribution in [2.24, 2.45) is 5.73 Å². The molecule has 42 heavy (non-hydrogen) atoms. The third kappa shape index (κ3) is 6.11. The van der Waals surface area contributed by atoms with Gasteiger partial charge < -0.3 is 15.5 Å². The maximum atomic E-state index is 13.2. The topological polar surface area (TPSA) is 156 Å². The van der Waals surface area contributed by atoms with Crippen LogP contribution in [0.1, 0.15) is 36.7 Å². The van der Waals surface area contributed by atoms with Crippen molar-refractivity contribution in [2.45, 2.75) is 31.1 Å². The number of aromatic nitrogens is 2. The molecule has 214 valence electrons. The molecule has 5 rings (SSSR count). The smallest absolute Gasteiger partial charge is 0.392 e. The molecule has 0 aliphatic carbocycles. The highest BCUT2D eigenvalue weighted by atomic mass is 32.2. The summed E-state index contributed by atoms with van der Waals surface area (Å²) in [5.74, 6) is -0.322. The third-order valence-electron chi connectivity index (χ3n) is 6.58. The van der Waals surface area contributed by atoms with Crippen molar-refractivity contribution >= 4 is 44.4 Å². The number of ether oxygens (including phenoxy) is 1. The summed E-state index contributed by atoms with van der Waals surface area (Å²) in [6, 6.07) is 23.9. The van der Waals surface area contributed by atoms with Gasteiger partial charge in [-0.2, -0.15) is 0 Å². The van der Waals surface area contributed by atoms with Gasteiger partial charge in [0.2, 0.25) is 11.8 Å². The van der Waals surface area contributed by atoms with E-state index in [4.69, 9.17) is 10.5 Å². The van der Waals surface area contributed by atoms with Crippen molar-refractivity contribution in [2.75, 3.05) is 10.0 Å². The van der Waals surface area contributed by atoms with Gasteiger partial charge in [0.25, 0.3) is 10.0 Å². The number of fused-ring (bicyclic) bond motifs is 1. The number of nitrogens with zero attached hydrogens (tertiary/aromatic N) is 1. The highest BCUT2D eigenvalue weighted by Gasteiger charge is 2.21. The first kappa shape index (κ1) is 28.4. The molecule has 2 amide bonds. The summed E-state index contributed by atoms with van der Waals surface area (Å²) < 4.78 is 34.7. The lowest BCUT2D eigenvalue weighted by molar-refractivity contribution is 0.1000. The molecule has 2 heterocycles. The number of carbonyl (C=O) groups is 2. The Labute approximate surface area is 243 Å². The van der Waals surface area contributed by atoms with E-state index in [2.05, 4.69) is 40.8 Å². The zero-order chi connectivity index (χ0) is 30.1. The standard InChI is InChI=1S/C31H29N5O5S/c1-31(2,3)21-10-13-23(14-11-21)42(39,40)36-22-12-15-25-24(17-22)27(19-7-5-4-6-8-19)29(34-25)41-30(38)35-26-16-9-20(18-33-26)28(32)37/h4-18,34,36H,1-3H3,(H2,32,37)(H,33,35,38). The molecule has 3 aromatic carbocycles. The van der Waals surface area contributed by atoms with Crippen LogP contribution in [0.3, 0.4) is 0 Å². The summed E-state index contributed by atoms with van der Waals surface area (Å²) in [5, 5.41) is 3.15. The Balaban J connectivity index is 1.45. The molecule has 0 fully saturated rings. The van der Waals surface area contributed by atoms with Crippen LogP contribution in [0.4, 0.5) is 16.3 Å². The molecule has 0 bridgehead atoms. The van der Waals surface area contributed by atoms with Crippen molar-refractivity contribution in [3.63, 3.8) is 0 Å². The fourth-order valence-corrected chi connectivity index (χ4v) is 5.43. The molecule has 0 aliphatic heterocycles. The fraction of sp³-hybridized carbons (Fsp3) is 0.129. The first-order valence-electron chi connectivity index (χ1n) is 13.0. The van der Waals surface area contributed by atoms with Gasteiger partial charge in [-0.05, 0) is 59.0 Å². The Hall–Kier alpha value is -5.16. The van der Waals surface area contributed by atoms with Crippen LogP contribution in [-0.4, -0.2) is 30.4 Å². The molecule has 5 N–H and O–H groups in total. The van der Waals surface area contributed by atoms with Crippen LogP contribution in [0, 0.1) is 0 Å². The van der Waals surface area contributed by atoms with Crippen LogP contribution in [-0.2, 0) is 15.4 Å². The van der Waals surface area contributed by atoms with E-state index in [9.17, 15) is 18.0 Å². The van der Waals surface area contributed by atoms with Crippen LogP contribution in [0.5, 0.6) is 5.88 Å². The van der Waals surface area contributed by atoms with Crippen molar-refractivity contribution in [3.8, 4) is 17.0 Å². The van der Waals surface area contributed by atoms with Crippen LogP contribution in [0.25, 0.3) is 22.0 Å². The number of nitrogens with two attached hydrogens (primary N) is 1. The second-order valence-corrected chi connectivity index (χ2v) is 12.3. The number of carbonyl (C=O) groups excluding carboxylic acids is 2. The lowest BCUT2D eigenvalue weighted by Gasteiger charge is -2.19. The summed E-state index contributed by atoms with van der Waals surface area (Å²) >= 11 is 0. The molecule has 0 atom stereocenters. The normalized spacial score (nSPS) is 11.7. The summed E-state index contributed by atoms with van der Waals surface area (Å²) in [7, 11) is -3.87. The SMILES string of the molecule is CC(C)(C)c1ccc(S(=O)(=O)Nc2ccc3[nH]c(OC(=O)Nc4ccc(C(N)=O)cn4)c(-c4ccccc4)c3c2)cc1. The lowest BCUT2D eigenvalue weighted by Crippen LogP contribution is -2.18. The van der Waals surface area contributed by atoms with E-state index >= 15 is 0 Å². The van der Waals surface area contributed by atoms with Gasteiger partial charge in [0.05, 0.1) is 16.0 Å². The molecule has 10 nitrogen and oxygen atoms in total. The molecule has 11 heteroatoms. The number of rotatable bonds is 7. The Morgan fingerprint density at radius 2 is 1.64 bits per heavy atom. The summed E-state index contributed by atoms with van der Waals surface area (Å²) in [4.78, 5) is 31.3. The van der Waals surface area contributed by atoms with E-state index in [0.29, 0.717) is 22.2 Å². The molecular weight excluding hydrogens is 554 g/mol. The maximum absolute atomic E-state index is 13.2. The summed E-state index contributed by atoms with van der Waals surface area (Å²) in [6.45, 7) is 6.19. The molecule has 0 saturated carbocycles. The number of anilines is 2. The molecule has 0 saturated heterocycles. The second kappa shape index (κ2) is 11.0. The highest BCUT2D eigenvalue weighted by molar-refractivity contribution is 7.92. The molecule has 0 spiro atoms. The number of benzene rings is 3. The first-order valence-corrected chi connectivity index (χ1v) is 14.5. The minimum atomic E-state index is -3.87. The Morgan fingerprint density at radius 1 is 0.929 bits per heavy atom. The lowest BCUT2D eigenvalue weighted by atomic mass is 9.87. The number of hydrogen-bond donors (Lipinski definition) is 4. The van der Waals surface area contributed by atoms with Gasteiger partial charge in [-0.25, -0.2) is 18.2 Å². The zero-order valence-electron chi connectivity index (χ0n) is 23.1. The number of aromatic amines is 1.